The lowest BCUT2D eigenvalue weighted by atomic mass is 9.61. The standard InChI is InChI=1S/C44H74N2O4/c1-3-5-7-9-15-21-27-39-37(25-19-8-6-4-2)29-30-38(26-20-14-10-12-17-23-35-45-41(47)31-32-42(45)48)40(39)28-22-16-11-13-18-24-36-46-43(49)33-34-44(46)50/h31-34,37-40H,3-30,35-36H2,1-2H3. The Balaban J connectivity index is 1.45. The summed E-state index contributed by atoms with van der Waals surface area (Å²) in [6, 6.07) is 0. The van der Waals surface area contributed by atoms with Crippen LogP contribution < -0.4 is 0 Å². The maximum absolute atomic E-state index is 11.8. The van der Waals surface area contributed by atoms with Gasteiger partial charge in [0.1, 0.15) is 0 Å². The third-order valence-corrected chi connectivity index (χ3v) is 12.2. The minimum Gasteiger partial charge on any atom is -0.275 e. The zero-order valence-electron chi connectivity index (χ0n) is 32.4. The quantitative estimate of drug-likeness (QED) is 0.0554. The zero-order valence-corrected chi connectivity index (χ0v) is 32.4. The van der Waals surface area contributed by atoms with Gasteiger partial charge in [0.05, 0.1) is 0 Å². The first-order chi connectivity index (χ1) is 24.5. The number of hydrogen-bond acceptors (Lipinski definition) is 4. The molecule has 0 N–H and O–H groups in total. The minimum absolute atomic E-state index is 0.153. The summed E-state index contributed by atoms with van der Waals surface area (Å²) in [4.78, 5) is 50.0. The monoisotopic (exact) mass is 695 g/mol. The van der Waals surface area contributed by atoms with Crippen molar-refractivity contribution in [1.82, 2.24) is 9.80 Å². The van der Waals surface area contributed by atoms with Crippen LogP contribution in [0.5, 0.6) is 0 Å². The molecule has 4 amide bonds. The third kappa shape index (κ3) is 15.6. The van der Waals surface area contributed by atoms with Crippen LogP contribution >= 0.6 is 0 Å². The maximum Gasteiger partial charge on any atom is 0.253 e. The molecule has 0 spiro atoms. The average Bonchev–Trinajstić information content (AvgIpc) is 3.61. The topological polar surface area (TPSA) is 74.8 Å². The molecule has 6 heteroatoms. The first-order valence-corrected chi connectivity index (χ1v) is 21.5. The van der Waals surface area contributed by atoms with Crippen molar-refractivity contribution in [3.05, 3.63) is 24.3 Å². The molecule has 0 saturated heterocycles. The van der Waals surface area contributed by atoms with Crippen molar-refractivity contribution in [3.8, 4) is 0 Å². The van der Waals surface area contributed by atoms with E-state index in [2.05, 4.69) is 13.8 Å². The first-order valence-electron chi connectivity index (χ1n) is 21.5. The normalized spacial score (nSPS) is 22.2. The molecular weight excluding hydrogens is 620 g/mol. The Bertz CT molecular complexity index is 1010. The third-order valence-electron chi connectivity index (χ3n) is 12.2. The number of unbranched alkanes of at least 4 members (excludes halogenated alkanes) is 18. The van der Waals surface area contributed by atoms with Gasteiger partial charge < -0.3 is 0 Å². The van der Waals surface area contributed by atoms with E-state index in [0.29, 0.717) is 13.1 Å². The molecule has 1 aliphatic carbocycles. The number of hydrogen-bond donors (Lipinski definition) is 0. The fourth-order valence-electron chi connectivity index (χ4n) is 9.21. The average molecular weight is 695 g/mol. The van der Waals surface area contributed by atoms with E-state index in [9.17, 15) is 19.2 Å². The molecular formula is C44H74N2O4. The minimum atomic E-state index is -0.154. The number of nitrogens with zero attached hydrogens (tertiary/aromatic N) is 2. The van der Waals surface area contributed by atoms with E-state index in [0.717, 1.165) is 49.4 Å². The van der Waals surface area contributed by atoms with Gasteiger partial charge in [0.2, 0.25) is 0 Å². The van der Waals surface area contributed by atoms with Crippen LogP contribution in [0, 0.1) is 23.7 Å². The number of carbonyl (C=O) groups excluding carboxylic acids is 4. The van der Waals surface area contributed by atoms with Crippen LogP contribution in [0.1, 0.15) is 194 Å². The Morgan fingerprint density at radius 1 is 0.400 bits per heavy atom. The molecule has 3 rings (SSSR count). The van der Waals surface area contributed by atoms with Gasteiger partial charge in [-0.2, -0.15) is 0 Å². The molecule has 50 heavy (non-hydrogen) atoms. The summed E-state index contributed by atoms with van der Waals surface area (Å²) in [7, 11) is 0. The Morgan fingerprint density at radius 3 is 1.04 bits per heavy atom. The summed E-state index contributed by atoms with van der Waals surface area (Å²) in [6.07, 6.45) is 42.3. The number of rotatable bonds is 30. The van der Waals surface area contributed by atoms with E-state index in [1.165, 1.54) is 188 Å². The van der Waals surface area contributed by atoms with E-state index < -0.39 is 0 Å². The summed E-state index contributed by atoms with van der Waals surface area (Å²) < 4.78 is 0. The maximum atomic E-state index is 11.8. The lowest BCUT2D eigenvalue weighted by Gasteiger charge is -2.44. The van der Waals surface area contributed by atoms with Gasteiger partial charge >= 0.3 is 0 Å². The van der Waals surface area contributed by atoms with Crippen LogP contribution in [0.3, 0.4) is 0 Å². The van der Waals surface area contributed by atoms with Crippen LogP contribution in [0.25, 0.3) is 0 Å². The van der Waals surface area contributed by atoms with Crippen molar-refractivity contribution in [2.75, 3.05) is 13.1 Å². The van der Waals surface area contributed by atoms with Crippen molar-refractivity contribution >= 4 is 23.6 Å². The lowest BCUT2D eigenvalue weighted by Crippen LogP contribution is -2.35. The van der Waals surface area contributed by atoms with Crippen LogP contribution in [0.15, 0.2) is 24.3 Å². The van der Waals surface area contributed by atoms with E-state index in [1.54, 1.807) is 0 Å². The highest BCUT2D eigenvalue weighted by atomic mass is 16.2. The SMILES string of the molecule is CCCCCCCCC1C(CCCCCC)CCC(CCCCCCCCN2C(=O)C=CC2=O)C1CCCCCCCCN1C(=O)C=CC1=O. The van der Waals surface area contributed by atoms with Gasteiger partial charge in [-0.05, 0) is 62.2 Å². The van der Waals surface area contributed by atoms with Crippen LogP contribution in [-0.4, -0.2) is 46.5 Å². The summed E-state index contributed by atoms with van der Waals surface area (Å²) in [5.41, 5.74) is 0. The molecule has 0 aromatic carbocycles. The van der Waals surface area contributed by atoms with E-state index in [1.807, 2.05) is 0 Å². The molecule has 4 atom stereocenters. The second-order valence-corrected chi connectivity index (χ2v) is 16.0. The molecule has 0 aromatic heterocycles. The van der Waals surface area contributed by atoms with Crippen molar-refractivity contribution in [1.29, 1.82) is 0 Å². The Kier molecular flexibility index (Phi) is 21.7. The van der Waals surface area contributed by atoms with Gasteiger partial charge in [-0.3, -0.25) is 29.0 Å². The van der Waals surface area contributed by atoms with Gasteiger partial charge in [0.25, 0.3) is 23.6 Å². The first kappa shape index (κ1) is 42.2. The van der Waals surface area contributed by atoms with Gasteiger partial charge in [-0.1, -0.05) is 155 Å². The molecule has 0 bridgehead atoms. The predicted octanol–water partition coefficient (Wildman–Crippen LogP) is 11.3. The van der Waals surface area contributed by atoms with Crippen molar-refractivity contribution in [3.63, 3.8) is 0 Å². The van der Waals surface area contributed by atoms with Crippen LogP contribution in [0.4, 0.5) is 0 Å². The fraction of sp³-hybridized carbons (Fsp3) is 0.818. The second kappa shape index (κ2) is 25.7. The molecule has 6 nitrogen and oxygen atoms in total. The second-order valence-electron chi connectivity index (χ2n) is 16.0. The highest BCUT2D eigenvalue weighted by molar-refractivity contribution is 6.13. The molecule has 4 unspecified atom stereocenters. The molecule has 1 fully saturated rings. The molecule has 1 saturated carbocycles. The summed E-state index contributed by atoms with van der Waals surface area (Å²) in [5, 5.41) is 0. The molecule has 2 aliphatic heterocycles. The summed E-state index contributed by atoms with van der Waals surface area (Å²) in [5.74, 6) is 3.00. The molecule has 0 radical (unpaired) electrons. The van der Waals surface area contributed by atoms with Crippen LogP contribution in [-0.2, 0) is 19.2 Å². The largest absolute Gasteiger partial charge is 0.275 e. The Labute approximate surface area is 306 Å². The zero-order chi connectivity index (χ0) is 35.8. The van der Waals surface area contributed by atoms with E-state index >= 15 is 0 Å². The van der Waals surface area contributed by atoms with Crippen LogP contribution in [0.2, 0.25) is 0 Å². The lowest BCUT2D eigenvalue weighted by molar-refractivity contribution is -0.138. The van der Waals surface area contributed by atoms with Crippen molar-refractivity contribution in [2.24, 2.45) is 23.7 Å². The summed E-state index contributed by atoms with van der Waals surface area (Å²) >= 11 is 0. The van der Waals surface area contributed by atoms with Crippen molar-refractivity contribution < 1.29 is 19.2 Å². The fourth-order valence-corrected chi connectivity index (χ4v) is 9.21. The molecule has 3 aliphatic rings. The molecule has 0 aromatic rings. The summed E-state index contributed by atoms with van der Waals surface area (Å²) in [6.45, 7) is 5.76. The Hall–Kier alpha value is -2.24. The van der Waals surface area contributed by atoms with Gasteiger partial charge in [0, 0.05) is 37.4 Å². The van der Waals surface area contributed by atoms with Crippen molar-refractivity contribution in [2.45, 2.75) is 194 Å². The highest BCUT2D eigenvalue weighted by Crippen LogP contribution is 2.47. The molecule has 2 heterocycles. The van der Waals surface area contributed by atoms with Gasteiger partial charge in [0.15, 0.2) is 0 Å². The Morgan fingerprint density at radius 2 is 0.680 bits per heavy atom. The van der Waals surface area contributed by atoms with E-state index in [-0.39, 0.29) is 23.6 Å². The number of imide groups is 2. The van der Waals surface area contributed by atoms with Gasteiger partial charge in [-0.25, -0.2) is 0 Å². The predicted molar refractivity (Wildman–Crippen MR) is 206 cm³/mol. The number of carbonyl (C=O) groups is 4. The highest BCUT2D eigenvalue weighted by Gasteiger charge is 2.37. The number of amides is 4. The van der Waals surface area contributed by atoms with E-state index in [4.69, 9.17) is 0 Å². The molecule has 284 valence electrons. The van der Waals surface area contributed by atoms with Gasteiger partial charge in [-0.15, -0.1) is 0 Å². The smallest absolute Gasteiger partial charge is 0.253 e.